The Morgan fingerprint density at radius 1 is 1.19 bits per heavy atom. The van der Waals surface area contributed by atoms with Crippen LogP contribution in [0.3, 0.4) is 0 Å². The van der Waals surface area contributed by atoms with Gasteiger partial charge >= 0.3 is 0 Å². The van der Waals surface area contributed by atoms with Crippen LogP contribution in [-0.2, 0) is 14.4 Å². The lowest BCUT2D eigenvalue weighted by Gasteiger charge is -2.57. The number of Topliss-reactive ketones (excluding diaryl/α,β-unsaturated/α-hetero) is 2. The Balaban J connectivity index is 1.58. The molecule has 6 atom stereocenters. The quantitative estimate of drug-likeness (QED) is 0.595. The number of hydrogen-bond donors (Lipinski definition) is 2. The van der Waals surface area contributed by atoms with Crippen molar-refractivity contribution in [3.05, 3.63) is 11.8 Å². The largest absolute Gasteiger partial charge is 0.328 e. The number of carbonyl (C=O) groups excluding carboxylic acids is 2. The number of hydrogen-bond acceptors (Lipinski definition) is 5. The molecule has 0 spiro atoms. The van der Waals surface area contributed by atoms with Crippen molar-refractivity contribution in [3.63, 3.8) is 0 Å². The molecule has 0 aromatic carbocycles. The van der Waals surface area contributed by atoms with Gasteiger partial charge in [0.1, 0.15) is 11.6 Å². The van der Waals surface area contributed by atoms with Crippen LogP contribution in [0.1, 0.15) is 58.8 Å². The van der Waals surface area contributed by atoms with Gasteiger partial charge in [-0.2, -0.15) is 0 Å². The molecule has 0 aromatic rings. The van der Waals surface area contributed by atoms with Crippen LogP contribution < -0.4 is 11.2 Å². The van der Waals surface area contributed by atoms with Gasteiger partial charge in [0, 0.05) is 36.4 Å². The van der Waals surface area contributed by atoms with E-state index in [0.717, 1.165) is 37.8 Å². The zero-order valence-electron chi connectivity index (χ0n) is 16.1. The molecule has 0 bridgehead atoms. The van der Waals surface area contributed by atoms with Crippen LogP contribution >= 0.6 is 0 Å². The standard InChI is InChI=1S/C21H32N2O3/c1-20-7-5-13(23-26-10-9-22)11-17(20)18(24)12-14-15-3-4-19(25)21(15,2)8-6-16(14)20/h11,14-17,23H,3-10,12,22H2,1-2H3/t14-,15-,16-,17+,20+,21-/m0/s1. The summed E-state index contributed by atoms with van der Waals surface area (Å²) in [7, 11) is 0. The molecule has 5 heteroatoms. The number of nitrogens with one attached hydrogen (secondary N) is 1. The van der Waals surface area contributed by atoms with Crippen LogP contribution in [0, 0.1) is 34.5 Å². The summed E-state index contributed by atoms with van der Waals surface area (Å²) in [5, 5.41) is 0. The minimum atomic E-state index is -0.169. The van der Waals surface area contributed by atoms with Crippen molar-refractivity contribution >= 4 is 11.6 Å². The van der Waals surface area contributed by atoms with Crippen molar-refractivity contribution in [2.75, 3.05) is 13.2 Å². The third-order valence-electron chi connectivity index (χ3n) is 8.21. The van der Waals surface area contributed by atoms with E-state index in [1.54, 1.807) is 0 Å². The molecule has 4 aliphatic rings. The molecule has 0 radical (unpaired) electrons. The lowest BCUT2D eigenvalue weighted by molar-refractivity contribution is -0.149. The first-order chi connectivity index (χ1) is 12.4. The van der Waals surface area contributed by atoms with Crippen molar-refractivity contribution in [1.82, 2.24) is 5.48 Å². The molecule has 5 nitrogen and oxygen atoms in total. The molecule has 4 rings (SSSR count). The highest BCUT2D eigenvalue weighted by Crippen LogP contribution is 2.64. The molecule has 0 saturated heterocycles. The number of fused-ring (bicyclic) bond motifs is 5. The maximum absolute atomic E-state index is 13.1. The van der Waals surface area contributed by atoms with E-state index >= 15 is 0 Å². The lowest BCUT2D eigenvalue weighted by atomic mass is 9.46. The molecule has 0 aromatic heterocycles. The smallest absolute Gasteiger partial charge is 0.140 e. The zero-order valence-corrected chi connectivity index (χ0v) is 16.1. The highest BCUT2D eigenvalue weighted by atomic mass is 16.6. The first-order valence-corrected chi connectivity index (χ1v) is 10.2. The van der Waals surface area contributed by atoms with Gasteiger partial charge in [0.25, 0.3) is 0 Å². The Morgan fingerprint density at radius 2 is 2.00 bits per heavy atom. The Bertz CT molecular complexity index is 645. The van der Waals surface area contributed by atoms with E-state index in [0.29, 0.717) is 55.3 Å². The lowest BCUT2D eigenvalue weighted by Crippen LogP contribution is -2.55. The van der Waals surface area contributed by atoms with Crippen LogP contribution in [0.15, 0.2) is 11.8 Å². The van der Waals surface area contributed by atoms with Gasteiger partial charge in [0.15, 0.2) is 0 Å². The van der Waals surface area contributed by atoms with Gasteiger partial charge in [-0.3, -0.25) is 19.9 Å². The highest BCUT2D eigenvalue weighted by molar-refractivity contribution is 5.88. The average Bonchev–Trinajstić information content (AvgIpc) is 2.92. The SMILES string of the molecule is C[C@]12CCC(NOCCN)=C[C@@H]1C(=O)C[C@@H]1[C@@H]2CC[C@]2(C)C(=O)CC[C@@H]12. The number of ketones is 2. The van der Waals surface area contributed by atoms with Crippen LogP contribution in [0.25, 0.3) is 0 Å². The number of allylic oxidation sites excluding steroid dienone is 2. The molecule has 3 N–H and O–H groups in total. The zero-order chi connectivity index (χ0) is 18.5. The molecule has 4 aliphatic carbocycles. The molecule has 26 heavy (non-hydrogen) atoms. The van der Waals surface area contributed by atoms with Crippen LogP contribution in [0.2, 0.25) is 0 Å². The summed E-state index contributed by atoms with van der Waals surface area (Å²) in [6.07, 6.45) is 8.47. The summed E-state index contributed by atoms with van der Waals surface area (Å²) >= 11 is 0. The van der Waals surface area contributed by atoms with Crippen molar-refractivity contribution in [1.29, 1.82) is 0 Å². The van der Waals surface area contributed by atoms with E-state index < -0.39 is 0 Å². The maximum Gasteiger partial charge on any atom is 0.140 e. The van der Waals surface area contributed by atoms with Gasteiger partial charge in [-0.1, -0.05) is 19.9 Å². The van der Waals surface area contributed by atoms with Crippen LogP contribution in [0.4, 0.5) is 0 Å². The van der Waals surface area contributed by atoms with Crippen molar-refractivity contribution in [2.45, 2.75) is 58.8 Å². The fourth-order valence-corrected chi connectivity index (χ4v) is 6.72. The highest BCUT2D eigenvalue weighted by Gasteiger charge is 2.61. The third kappa shape index (κ3) is 2.58. The first-order valence-electron chi connectivity index (χ1n) is 10.2. The molecule has 144 valence electrons. The summed E-state index contributed by atoms with van der Waals surface area (Å²) in [6, 6.07) is 0. The summed E-state index contributed by atoms with van der Waals surface area (Å²) < 4.78 is 0. The monoisotopic (exact) mass is 360 g/mol. The van der Waals surface area contributed by atoms with E-state index in [1.165, 1.54) is 0 Å². The molecular formula is C21H32N2O3. The fourth-order valence-electron chi connectivity index (χ4n) is 6.72. The predicted octanol–water partition coefficient (Wildman–Crippen LogP) is 2.75. The Hall–Kier alpha value is -1.20. The van der Waals surface area contributed by atoms with E-state index in [4.69, 9.17) is 10.6 Å². The number of carbonyl (C=O) groups is 2. The summed E-state index contributed by atoms with van der Waals surface area (Å²) in [5.41, 5.74) is 9.33. The van der Waals surface area contributed by atoms with E-state index in [9.17, 15) is 9.59 Å². The summed E-state index contributed by atoms with van der Waals surface area (Å²) in [5.74, 6) is 2.13. The molecule has 3 saturated carbocycles. The second-order valence-corrected chi connectivity index (χ2v) is 9.38. The van der Waals surface area contributed by atoms with E-state index in [-0.39, 0.29) is 16.7 Å². The topological polar surface area (TPSA) is 81.4 Å². The Morgan fingerprint density at radius 3 is 2.77 bits per heavy atom. The third-order valence-corrected chi connectivity index (χ3v) is 8.21. The molecular weight excluding hydrogens is 328 g/mol. The second-order valence-electron chi connectivity index (χ2n) is 9.38. The predicted molar refractivity (Wildman–Crippen MR) is 98.7 cm³/mol. The Labute approximate surface area is 156 Å². The van der Waals surface area contributed by atoms with Gasteiger partial charge < -0.3 is 5.73 Å². The molecule has 0 amide bonds. The average molecular weight is 360 g/mol. The minimum Gasteiger partial charge on any atom is -0.328 e. The molecule has 0 aliphatic heterocycles. The van der Waals surface area contributed by atoms with Gasteiger partial charge in [-0.15, -0.1) is 0 Å². The summed E-state index contributed by atoms with van der Waals surface area (Å²) in [4.78, 5) is 31.0. The number of rotatable bonds is 4. The van der Waals surface area contributed by atoms with Gasteiger partial charge in [0.2, 0.25) is 0 Å². The Kier molecular flexibility index (Phi) is 4.51. The van der Waals surface area contributed by atoms with Crippen molar-refractivity contribution in [3.8, 4) is 0 Å². The van der Waals surface area contributed by atoms with Crippen LogP contribution in [-0.4, -0.2) is 24.7 Å². The second kappa shape index (κ2) is 6.45. The molecule has 3 fully saturated rings. The van der Waals surface area contributed by atoms with Gasteiger partial charge in [0.05, 0.1) is 6.61 Å². The first kappa shape index (κ1) is 18.2. The summed E-state index contributed by atoms with van der Waals surface area (Å²) in [6.45, 7) is 5.43. The van der Waals surface area contributed by atoms with E-state index in [2.05, 4.69) is 25.4 Å². The van der Waals surface area contributed by atoms with Crippen molar-refractivity contribution in [2.24, 2.45) is 40.2 Å². The van der Waals surface area contributed by atoms with Crippen molar-refractivity contribution < 1.29 is 14.4 Å². The van der Waals surface area contributed by atoms with Crippen LogP contribution in [0.5, 0.6) is 0 Å². The maximum atomic E-state index is 13.1. The van der Waals surface area contributed by atoms with Gasteiger partial charge in [-0.05, 0) is 55.3 Å². The number of nitrogens with two attached hydrogens (primary N) is 1. The van der Waals surface area contributed by atoms with E-state index in [1.807, 2.05) is 0 Å². The molecule has 0 heterocycles. The minimum absolute atomic E-state index is 0.0199. The number of hydroxylamine groups is 1. The fraction of sp³-hybridized carbons (Fsp3) is 0.810. The normalized spacial score (nSPS) is 44.8. The molecule has 0 unspecified atom stereocenters. The van der Waals surface area contributed by atoms with Gasteiger partial charge in [-0.25, -0.2) is 0 Å².